The highest BCUT2D eigenvalue weighted by molar-refractivity contribution is 5.95. The van der Waals surface area contributed by atoms with Crippen LogP contribution in [-0.4, -0.2) is 11.4 Å². The summed E-state index contributed by atoms with van der Waals surface area (Å²) in [5.41, 5.74) is 0.0169. The van der Waals surface area contributed by atoms with Gasteiger partial charge in [-0.15, -0.1) is 0 Å². The fraction of sp³-hybridized carbons (Fsp3) is 0.429. The van der Waals surface area contributed by atoms with E-state index >= 15 is 0 Å². The van der Waals surface area contributed by atoms with Crippen LogP contribution in [0.4, 0.5) is 4.39 Å². The monoisotopic (exact) mass is 246 g/mol. The quantitative estimate of drug-likeness (QED) is 0.872. The molecule has 0 atom stereocenters. The summed E-state index contributed by atoms with van der Waals surface area (Å²) >= 11 is 0. The van der Waals surface area contributed by atoms with Crippen LogP contribution in [0, 0.1) is 24.1 Å². The molecule has 0 aliphatic heterocycles. The van der Waals surface area contributed by atoms with Crippen LogP contribution in [0.15, 0.2) is 18.2 Å². The molecule has 1 aliphatic carbocycles. The molecule has 4 heteroatoms. The lowest BCUT2D eigenvalue weighted by Gasteiger charge is -2.22. The smallest absolute Gasteiger partial charge is 0.255 e. The van der Waals surface area contributed by atoms with Gasteiger partial charge < -0.3 is 5.32 Å². The lowest BCUT2D eigenvalue weighted by Crippen LogP contribution is -2.45. The SMILES string of the molecule is Cc1ccc(F)c(C(=O)NC2(C#N)CCCC2)c1. The maximum absolute atomic E-state index is 13.6. The third-order valence-electron chi connectivity index (χ3n) is 3.39. The summed E-state index contributed by atoms with van der Waals surface area (Å²) in [6.07, 6.45) is 3.12. The fourth-order valence-electron chi connectivity index (χ4n) is 2.34. The van der Waals surface area contributed by atoms with Crippen LogP contribution >= 0.6 is 0 Å². The molecule has 2 rings (SSSR count). The maximum Gasteiger partial charge on any atom is 0.255 e. The highest BCUT2D eigenvalue weighted by Gasteiger charge is 2.36. The number of hydrogen-bond acceptors (Lipinski definition) is 2. The van der Waals surface area contributed by atoms with Crippen molar-refractivity contribution in [2.45, 2.75) is 38.1 Å². The van der Waals surface area contributed by atoms with Crippen molar-refractivity contribution >= 4 is 5.91 Å². The van der Waals surface area contributed by atoms with Crippen LogP contribution in [0.25, 0.3) is 0 Å². The van der Waals surface area contributed by atoms with Gasteiger partial charge in [-0.2, -0.15) is 5.26 Å². The molecule has 0 saturated heterocycles. The zero-order chi connectivity index (χ0) is 13.2. The lowest BCUT2D eigenvalue weighted by molar-refractivity contribution is 0.0916. The average Bonchev–Trinajstić information content (AvgIpc) is 2.81. The number of halogens is 1. The van der Waals surface area contributed by atoms with Gasteiger partial charge >= 0.3 is 0 Å². The van der Waals surface area contributed by atoms with E-state index in [4.69, 9.17) is 0 Å². The third kappa shape index (κ3) is 2.35. The molecule has 0 radical (unpaired) electrons. The number of nitrogens with one attached hydrogen (secondary N) is 1. The number of amides is 1. The minimum absolute atomic E-state index is 0.0107. The second kappa shape index (κ2) is 4.77. The number of nitriles is 1. The highest BCUT2D eigenvalue weighted by atomic mass is 19.1. The Morgan fingerprint density at radius 3 is 2.72 bits per heavy atom. The van der Waals surface area contributed by atoms with Crippen LogP contribution in [0.3, 0.4) is 0 Å². The van der Waals surface area contributed by atoms with E-state index in [0.717, 1.165) is 18.4 Å². The van der Waals surface area contributed by atoms with E-state index < -0.39 is 17.3 Å². The molecule has 94 valence electrons. The van der Waals surface area contributed by atoms with Crippen molar-refractivity contribution < 1.29 is 9.18 Å². The Bertz CT molecular complexity index is 513. The van der Waals surface area contributed by atoms with Crippen molar-refractivity contribution in [2.24, 2.45) is 0 Å². The van der Waals surface area contributed by atoms with Crippen LogP contribution in [-0.2, 0) is 0 Å². The van der Waals surface area contributed by atoms with Crippen molar-refractivity contribution in [3.63, 3.8) is 0 Å². The van der Waals surface area contributed by atoms with Gasteiger partial charge in [0.2, 0.25) is 0 Å². The Morgan fingerprint density at radius 1 is 1.44 bits per heavy atom. The van der Waals surface area contributed by atoms with Gasteiger partial charge in [-0.3, -0.25) is 4.79 Å². The second-order valence-electron chi connectivity index (χ2n) is 4.84. The van der Waals surface area contributed by atoms with Crippen LogP contribution in [0.5, 0.6) is 0 Å². The number of carbonyl (C=O) groups excluding carboxylic acids is 1. The first-order valence-corrected chi connectivity index (χ1v) is 6.06. The van der Waals surface area contributed by atoms with Gasteiger partial charge in [0, 0.05) is 0 Å². The standard InChI is InChI=1S/C14H15FN2O/c1-10-4-5-12(15)11(8-10)13(18)17-14(9-16)6-2-3-7-14/h4-5,8H,2-3,6-7H2,1H3,(H,17,18). The molecule has 0 unspecified atom stereocenters. The van der Waals surface area contributed by atoms with Crippen molar-refractivity contribution in [3.8, 4) is 6.07 Å². The molecular weight excluding hydrogens is 231 g/mol. The van der Waals surface area contributed by atoms with Gasteiger partial charge in [0.15, 0.2) is 0 Å². The number of aryl methyl sites for hydroxylation is 1. The Balaban J connectivity index is 2.22. The van der Waals surface area contributed by atoms with Gasteiger partial charge in [0.05, 0.1) is 11.6 Å². The largest absolute Gasteiger partial charge is 0.334 e. The van der Waals surface area contributed by atoms with E-state index in [9.17, 15) is 14.4 Å². The Kier molecular flexibility index (Phi) is 3.33. The predicted octanol–water partition coefficient (Wildman–Crippen LogP) is 2.70. The van der Waals surface area contributed by atoms with E-state index in [1.54, 1.807) is 13.0 Å². The fourth-order valence-corrected chi connectivity index (χ4v) is 2.34. The minimum Gasteiger partial charge on any atom is -0.334 e. The molecule has 0 bridgehead atoms. The molecule has 0 spiro atoms. The number of rotatable bonds is 2. The van der Waals surface area contributed by atoms with Crippen LogP contribution < -0.4 is 5.32 Å². The molecule has 1 saturated carbocycles. The van der Waals surface area contributed by atoms with Crippen LogP contribution in [0.2, 0.25) is 0 Å². The Labute approximate surface area is 106 Å². The molecular formula is C14H15FN2O. The molecule has 3 nitrogen and oxygen atoms in total. The summed E-state index contributed by atoms with van der Waals surface area (Å²) in [6, 6.07) is 6.55. The van der Waals surface area contributed by atoms with Gasteiger partial charge in [-0.25, -0.2) is 4.39 Å². The topological polar surface area (TPSA) is 52.9 Å². The predicted molar refractivity (Wildman–Crippen MR) is 65.4 cm³/mol. The summed E-state index contributed by atoms with van der Waals surface area (Å²) < 4.78 is 13.6. The zero-order valence-corrected chi connectivity index (χ0v) is 10.3. The van der Waals surface area contributed by atoms with E-state index in [0.29, 0.717) is 12.8 Å². The Hall–Kier alpha value is -1.89. The van der Waals surface area contributed by atoms with Gasteiger partial charge in [0.25, 0.3) is 5.91 Å². The molecule has 18 heavy (non-hydrogen) atoms. The van der Waals surface area contributed by atoms with E-state index in [1.165, 1.54) is 12.1 Å². The number of nitrogens with zero attached hydrogens (tertiary/aromatic N) is 1. The molecule has 1 aromatic rings. The first kappa shape index (κ1) is 12.6. The maximum atomic E-state index is 13.6. The van der Waals surface area contributed by atoms with Crippen molar-refractivity contribution in [3.05, 3.63) is 35.1 Å². The van der Waals surface area contributed by atoms with E-state index in [2.05, 4.69) is 11.4 Å². The third-order valence-corrected chi connectivity index (χ3v) is 3.39. The van der Waals surface area contributed by atoms with Gasteiger partial charge in [-0.1, -0.05) is 11.6 Å². The Morgan fingerprint density at radius 2 is 2.11 bits per heavy atom. The zero-order valence-electron chi connectivity index (χ0n) is 10.3. The molecule has 1 N–H and O–H groups in total. The highest BCUT2D eigenvalue weighted by Crippen LogP contribution is 2.29. The first-order chi connectivity index (χ1) is 8.56. The van der Waals surface area contributed by atoms with Gasteiger partial charge in [-0.05, 0) is 44.7 Å². The van der Waals surface area contributed by atoms with Crippen molar-refractivity contribution in [1.82, 2.24) is 5.32 Å². The van der Waals surface area contributed by atoms with Crippen molar-refractivity contribution in [1.29, 1.82) is 5.26 Å². The van der Waals surface area contributed by atoms with Crippen LogP contribution in [0.1, 0.15) is 41.6 Å². The van der Waals surface area contributed by atoms with E-state index in [-0.39, 0.29) is 5.56 Å². The molecule has 1 aliphatic rings. The number of benzene rings is 1. The number of carbonyl (C=O) groups is 1. The summed E-state index contributed by atoms with van der Waals surface area (Å²) in [7, 11) is 0. The average molecular weight is 246 g/mol. The molecule has 0 aromatic heterocycles. The molecule has 1 aromatic carbocycles. The van der Waals surface area contributed by atoms with Gasteiger partial charge in [0.1, 0.15) is 11.4 Å². The summed E-state index contributed by atoms with van der Waals surface area (Å²) in [6.45, 7) is 1.80. The first-order valence-electron chi connectivity index (χ1n) is 6.06. The summed E-state index contributed by atoms with van der Waals surface area (Å²) in [5, 5.41) is 11.9. The molecule has 1 amide bonds. The molecule has 0 heterocycles. The van der Waals surface area contributed by atoms with E-state index in [1.807, 2.05) is 0 Å². The summed E-state index contributed by atoms with van der Waals surface area (Å²) in [5.74, 6) is -1.05. The molecule has 1 fully saturated rings. The lowest BCUT2D eigenvalue weighted by atomic mass is 9.99. The minimum atomic E-state index is -0.812. The second-order valence-corrected chi connectivity index (χ2v) is 4.84. The van der Waals surface area contributed by atoms with Crippen molar-refractivity contribution in [2.75, 3.05) is 0 Å². The summed E-state index contributed by atoms with van der Waals surface area (Å²) in [4.78, 5) is 12.0. The normalized spacial score (nSPS) is 17.2. The number of hydrogen-bond donors (Lipinski definition) is 1.